The highest BCUT2D eigenvalue weighted by atomic mass is 19.3. The van der Waals surface area contributed by atoms with Crippen molar-refractivity contribution in [2.24, 2.45) is 5.92 Å². The van der Waals surface area contributed by atoms with Gasteiger partial charge in [-0.25, -0.2) is 8.78 Å². The van der Waals surface area contributed by atoms with Crippen LogP contribution < -0.4 is 5.32 Å². The van der Waals surface area contributed by atoms with Gasteiger partial charge in [0.1, 0.15) is 12.5 Å². The molecule has 0 aromatic heterocycles. The van der Waals surface area contributed by atoms with Crippen molar-refractivity contribution in [1.82, 2.24) is 5.32 Å². The summed E-state index contributed by atoms with van der Waals surface area (Å²) in [5.74, 6) is -5.06. The number of carbonyl (C=O) groups excluding carboxylic acids is 1. The minimum Gasteiger partial charge on any atom is -0.390 e. The highest BCUT2D eigenvalue weighted by Gasteiger charge is 2.28. The number of halogens is 2. The predicted octanol–water partition coefficient (Wildman–Crippen LogP) is -0.110. The molecule has 1 amide bonds. The minimum absolute atomic E-state index is 0.768. The topological polar surface area (TPSA) is 73.1 Å². The largest absolute Gasteiger partial charge is 0.390 e. The van der Waals surface area contributed by atoms with Gasteiger partial charge in [0.2, 0.25) is 5.91 Å². The molecule has 0 saturated carbocycles. The summed E-state index contributed by atoms with van der Waals surface area (Å²) in [6.07, 6.45) is 0. The van der Waals surface area contributed by atoms with Crippen molar-refractivity contribution in [3.63, 3.8) is 0 Å². The Hall–Kier alpha value is -1.22. The molecule has 0 heterocycles. The summed E-state index contributed by atoms with van der Waals surface area (Å²) in [7, 11) is 0. The zero-order valence-electron chi connectivity index (χ0n) is 7.05. The average molecular weight is 192 g/mol. The molecule has 2 N–H and O–H groups in total. The van der Waals surface area contributed by atoms with E-state index >= 15 is 0 Å². The third-order valence-electron chi connectivity index (χ3n) is 1.34. The van der Waals surface area contributed by atoms with E-state index in [1.807, 2.05) is 5.32 Å². The van der Waals surface area contributed by atoms with Crippen molar-refractivity contribution in [1.29, 1.82) is 5.26 Å². The third kappa shape index (κ3) is 4.38. The first-order chi connectivity index (χ1) is 5.93. The van der Waals surface area contributed by atoms with Gasteiger partial charge in [0.25, 0.3) is 5.92 Å². The number of alkyl halides is 2. The standard InChI is InChI=1S/C7H10F2N2O2/c1-5(2-10)6(13)11-3-7(8,9)4-12/h5,12H,3-4H2,1H3,(H,11,13). The Bertz CT molecular complexity index is 225. The molecule has 1 atom stereocenters. The lowest BCUT2D eigenvalue weighted by Gasteiger charge is -2.14. The van der Waals surface area contributed by atoms with Gasteiger partial charge in [-0.3, -0.25) is 4.79 Å². The first kappa shape index (κ1) is 11.8. The van der Waals surface area contributed by atoms with Gasteiger partial charge in [-0.2, -0.15) is 5.26 Å². The average Bonchev–Trinajstić information content (AvgIpc) is 2.13. The third-order valence-corrected chi connectivity index (χ3v) is 1.34. The number of aliphatic hydroxyl groups excluding tert-OH is 1. The zero-order valence-corrected chi connectivity index (χ0v) is 7.05. The van der Waals surface area contributed by atoms with Crippen LogP contribution in [0.1, 0.15) is 6.92 Å². The van der Waals surface area contributed by atoms with Crippen molar-refractivity contribution in [2.75, 3.05) is 13.2 Å². The van der Waals surface area contributed by atoms with Crippen LogP contribution in [0.15, 0.2) is 0 Å². The Morgan fingerprint density at radius 3 is 2.69 bits per heavy atom. The molecule has 0 aliphatic rings. The molecular formula is C7H10F2N2O2. The first-order valence-electron chi connectivity index (χ1n) is 3.59. The molecule has 0 spiro atoms. The SMILES string of the molecule is CC(C#N)C(=O)NCC(F)(F)CO. The maximum Gasteiger partial charge on any atom is 0.287 e. The first-order valence-corrected chi connectivity index (χ1v) is 3.59. The van der Waals surface area contributed by atoms with E-state index in [9.17, 15) is 13.6 Å². The fourth-order valence-corrected chi connectivity index (χ4v) is 0.484. The van der Waals surface area contributed by atoms with Crippen LogP contribution in [0, 0.1) is 17.2 Å². The van der Waals surface area contributed by atoms with E-state index in [1.54, 1.807) is 6.07 Å². The molecule has 0 rings (SSSR count). The molecule has 0 aromatic rings. The van der Waals surface area contributed by atoms with Gasteiger partial charge in [0, 0.05) is 0 Å². The lowest BCUT2D eigenvalue weighted by molar-refractivity contribution is -0.125. The van der Waals surface area contributed by atoms with Crippen molar-refractivity contribution in [3.8, 4) is 6.07 Å². The molecule has 0 aliphatic carbocycles. The van der Waals surface area contributed by atoms with Crippen LogP contribution in [0.4, 0.5) is 8.78 Å². The zero-order chi connectivity index (χ0) is 10.5. The molecule has 13 heavy (non-hydrogen) atoms. The van der Waals surface area contributed by atoms with Crippen LogP contribution >= 0.6 is 0 Å². The predicted molar refractivity (Wildman–Crippen MR) is 39.8 cm³/mol. The number of carbonyl (C=O) groups is 1. The fourth-order valence-electron chi connectivity index (χ4n) is 0.484. The maximum atomic E-state index is 12.3. The number of hydrogen-bond donors (Lipinski definition) is 2. The quantitative estimate of drug-likeness (QED) is 0.652. The van der Waals surface area contributed by atoms with Crippen LogP contribution in [0.25, 0.3) is 0 Å². The molecule has 0 saturated heterocycles. The van der Waals surface area contributed by atoms with Gasteiger partial charge < -0.3 is 10.4 Å². The van der Waals surface area contributed by atoms with Crippen LogP contribution in [0.2, 0.25) is 0 Å². The van der Waals surface area contributed by atoms with E-state index in [0.29, 0.717) is 0 Å². The van der Waals surface area contributed by atoms with Crippen molar-refractivity contribution in [3.05, 3.63) is 0 Å². The molecule has 4 nitrogen and oxygen atoms in total. The number of nitrogens with zero attached hydrogens (tertiary/aromatic N) is 1. The Labute approximate surface area is 74.2 Å². The van der Waals surface area contributed by atoms with E-state index in [-0.39, 0.29) is 0 Å². The summed E-state index contributed by atoms with van der Waals surface area (Å²) < 4.78 is 24.7. The van der Waals surface area contributed by atoms with E-state index in [0.717, 1.165) is 0 Å². The Morgan fingerprint density at radius 2 is 2.31 bits per heavy atom. The highest BCUT2D eigenvalue weighted by Crippen LogP contribution is 2.09. The molecular weight excluding hydrogens is 182 g/mol. The van der Waals surface area contributed by atoms with E-state index in [1.165, 1.54) is 6.92 Å². The molecule has 0 radical (unpaired) electrons. The lowest BCUT2D eigenvalue weighted by Crippen LogP contribution is -2.40. The van der Waals surface area contributed by atoms with Crippen LogP contribution in [0.5, 0.6) is 0 Å². The van der Waals surface area contributed by atoms with Gasteiger partial charge in [0.15, 0.2) is 0 Å². The van der Waals surface area contributed by atoms with Crippen molar-refractivity contribution in [2.45, 2.75) is 12.8 Å². The van der Waals surface area contributed by atoms with Gasteiger partial charge in [-0.1, -0.05) is 0 Å². The number of hydrogen-bond acceptors (Lipinski definition) is 3. The summed E-state index contributed by atoms with van der Waals surface area (Å²) in [5.41, 5.74) is 0. The van der Waals surface area contributed by atoms with Gasteiger partial charge in [-0.15, -0.1) is 0 Å². The molecule has 1 unspecified atom stereocenters. The van der Waals surface area contributed by atoms with E-state index in [4.69, 9.17) is 10.4 Å². The monoisotopic (exact) mass is 192 g/mol. The summed E-state index contributed by atoms with van der Waals surface area (Å²) in [4.78, 5) is 10.8. The fraction of sp³-hybridized carbons (Fsp3) is 0.714. The summed E-state index contributed by atoms with van der Waals surface area (Å²) in [6, 6.07) is 1.60. The molecule has 0 aliphatic heterocycles. The highest BCUT2D eigenvalue weighted by molar-refractivity contribution is 5.80. The second-order valence-electron chi connectivity index (χ2n) is 2.58. The molecule has 74 valence electrons. The second kappa shape index (κ2) is 4.72. The van der Waals surface area contributed by atoms with Gasteiger partial charge in [0.05, 0.1) is 12.6 Å². The Balaban J connectivity index is 3.91. The Morgan fingerprint density at radius 1 is 1.77 bits per heavy atom. The van der Waals surface area contributed by atoms with Crippen LogP contribution in [0.3, 0.4) is 0 Å². The summed E-state index contributed by atoms with van der Waals surface area (Å²) in [6.45, 7) is -0.977. The lowest BCUT2D eigenvalue weighted by atomic mass is 10.2. The van der Waals surface area contributed by atoms with Crippen molar-refractivity contribution < 1.29 is 18.7 Å². The summed E-state index contributed by atoms with van der Waals surface area (Å²) in [5, 5.41) is 18.2. The molecule has 6 heteroatoms. The van der Waals surface area contributed by atoms with Gasteiger partial charge in [-0.05, 0) is 6.92 Å². The molecule has 0 bridgehead atoms. The second-order valence-corrected chi connectivity index (χ2v) is 2.58. The van der Waals surface area contributed by atoms with Crippen LogP contribution in [-0.2, 0) is 4.79 Å². The van der Waals surface area contributed by atoms with E-state index in [2.05, 4.69) is 0 Å². The number of nitrogens with one attached hydrogen (secondary N) is 1. The smallest absolute Gasteiger partial charge is 0.287 e. The molecule has 0 fully saturated rings. The minimum atomic E-state index is -3.33. The Kier molecular flexibility index (Phi) is 4.28. The molecule has 0 aromatic carbocycles. The normalized spacial score (nSPS) is 13.2. The number of rotatable bonds is 4. The number of amides is 1. The van der Waals surface area contributed by atoms with E-state index < -0.39 is 30.9 Å². The summed E-state index contributed by atoms with van der Waals surface area (Å²) >= 11 is 0. The van der Waals surface area contributed by atoms with Gasteiger partial charge >= 0.3 is 0 Å². The number of aliphatic hydroxyl groups is 1. The number of nitriles is 1. The van der Waals surface area contributed by atoms with Crippen molar-refractivity contribution >= 4 is 5.91 Å². The maximum absolute atomic E-state index is 12.3. The van der Waals surface area contributed by atoms with Crippen LogP contribution in [-0.4, -0.2) is 30.1 Å².